The van der Waals surface area contributed by atoms with Crippen molar-refractivity contribution in [1.29, 1.82) is 0 Å². The van der Waals surface area contributed by atoms with Crippen LogP contribution in [0.15, 0.2) is 53.0 Å². The van der Waals surface area contributed by atoms with Crippen LogP contribution in [0.25, 0.3) is 0 Å². The summed E-state index contributed by atoms with van der Waals surface area (Å²) in [6.07, 6.45) is -0.704. The molecule has 2 aromatic rings. The topological polar surface area (TPSA) is 20.2 Å². The summed E-state index contributed by atoms with van der Waals surface area (Å²) in [6, 6.07) is 14.9. The lowest BCUT2D eigenvalue weighted by atomic mass is 10.0. The first-order valence-corrected chi connectivity index (χ1v) is 6.04. The van der Waals surface area contributed by atoms with Crippen LogP contribution in [0.3, 0.4) is 0 Å². The standard InChI is InChI=1S/C13H10BrClO/c14-11-7-3-1-5-9(11)13(16)10-6-2-4-8-12(10)15/h1-8,13,16H/t13-/m0/s1. The minimum Gasteiger partial charge on any atom is -0.384 e. The van der Waals surface area contributed by atoms with Crippen LogP contribution in [0.4, 0.5) is 0 Å². The van der Waals surface area contributed by atoms with Crippen LogP contribution in [0.5, 0.6) is 0 Å². The highest BCUT2D eigenvalue weighted by molar-refractivity contribution is 9.10. The predicted molar refractivity (Wildman–Crippen MR) is 69.7 cm³/mol. The first-order chi connectivity index (χ1) is 7.70. The molecule has 1 atom stereocenters. The Balaban J connectivity index is 2.44. The van der Waals surface area contributed by atoms with Crippen molar-refractivity contribution < 1.29 is 5.11 Å². The van der Waals surface area contributed by atoms with Crippen LogP contribution in [0.1, 0.15) is 17.2 Å². The van der Waals surface area contributed by atoms with E-state index in [-0.39, 0.29) is 0 Å². The third-order valence-electron chi connectivity index (χ3n) is 2.40. The van der Waals surface area contributed by atoms with E-state index in [4.69, 9.17) is 11.6 Å². The molecule has 0 bridgehead atoms. The summed E-state index contributed by atoms with van der Waals surface area (Å²) in [5.41, 5.74) is 1.53. The van der Waals surface area contributed by atoms with Gasteiger partial charge in [0.1, 0.15) is 6.10 Å². The SMILES string of the molecule is O[C@H](c1ccccc1Cl)c1ccccc1Br. The first-order valence-electron chi connectivity index (χ1n) is 4.87. The Hall–Kier alpha value is -0.830. The van der Waals surface area contributed by atoms with Crippen LogP contribution in [-0.2, 0) is 0 Å². The van der Waals surface area contributed by atoms with Crippen LogP contribution in [-0.4, -0.2) is 5.11 Å². The van der Waals surface area contributed by atoms with Crippen molar-refractivity contribution in [3.05, 3.63) is 69.2 Å². The summed E-state index contributed by atoms with van der Waals surface area (Å²) in [5, 5.41) is 10.8. The lowest BCUT2D eigenvalue weighted by molar-refractivity contribution is 0.219. The summed E-state index contributed by atoms with van der Waals surface area (Å²) in [5.74, 6) is 0. The van der Waals surface area contributed by atoms with E-state index in [1.807, 2.05) is 42.5 Å². The molecule has 2 aromatic carbocycles. The molecule has 1 nitrogen and oxygen atoms in total. The van der Waals surface area contributed by atoms with Gasteiger partial charge in [-0.05, 0) is 17.7 Å². The highest BCUT2D eigenvalue weighted by Crippen LogP contribution is 2.31. The highest BCUT2D eigenvalue weighted by Gasteiger charge is 2.15. The third-order valence-corrected chi connectivity index (χ3v) is 3.47. The van der Waals surface area contributed by atoms with Crippen molar-refractivity contribution in [2.75, 3.05) is 0 Å². The third kappa shape index (κ3) is 2.29. The molecule has 0 spiro atoms. The Kier molecular flexibility index (Phi) is 3.64. The molecule has 0 unspecified atom stereocenters. The minimum atomic E-state index is -0.704. The van der Waals surface area contributed by atoms with Crippen molar-refractivity contribution in [3.63, 3.8) is 0 Å². The lowest BCUT2D eigenvalue weighted by Crippen LogP contribution is -2.01. The number of rotatable bonds is 2. The molecule has 82 valence electrons. The Bertz CT molecular complexity index is 453. The zero-order valence-corrected chi connectivity index (χ0v) is 10.7. The second-order valence-corrected chi connectivity index (χ2v) is 4.71. The van der Waals surface area contributed by atoms with Crippen molar-refractivity contribution >= 4 is 27.5 Å². The van der Waals surface area contributed by atoms with Gasteiger partial charge in [0.2, 0.25) is 0 Å². The monoisotopic (exact) mass is 296 g/mol. The van der Waals surface area contributed by atoms with Gasteiger partial charge in [-0.1, -0.05) is 63.9 Å². The van der Waals surface area contributed by atoms with Gasteiger partial charge < -0.3 is 5.11 Å². The number of hydrogen-bond donors (Lipinski definition) is 1. The molecule has 16 heavy (non-hydrogen) atoms. The van der Waals surface area contributed by atoms with E-state index in [2.05, 4.69) is 15.9 Å². The van der Waals surface area contributed by atoms with Gasteiger partial charge in [0.15, 0.2) is 0 Å². The fourth-order valence-corrected chi connectivity index (χ4v) is 2.30. The molecule has 0 saturated heterocycles. The van der Waals surface area contributed by atoms with E-state index in [0.717, 1.165) is 15.6 Å². The van der Waals surface area contributed by atoms with Gasteiger partial charge >= 0.3 is 0 Å². The van der Waals surface area contributed by atoms with Gasteiger partial charge in [0.25, 0.3) is 0 Å². The van der Waals surface area contributed by atoms with E-state index in [0.29, 0.717) is 5.02 Å². The molecule has 0 amide bonds. The molecule has 0 fully saturated rings. The minimum absolute atomic E-state index is 0.575. The van der Waals surface area contributed by atoms with Gasteiger partial charge in [-0.25, -0.2) is 0 Å². The Morgan fingerprint density at radius 2 is 1.50 bits per heavy atom. The maximum Gasteiger partial charge on any atom is 0.107 e. The largest absolute Gasteiger partial charge is 0.384 e. The first kappa shape index (κ1) is 11.6. The van der Waals surface area contributed by atoms with E-state index < -0.39 is 6.10 Å². The summed E-state index contributed by atoms with van der Waals surface area (Å²) < 4.78 is 0.877. The zero-order chi connectivity index (χ0) is 11.5. The molecule has 2 rings (SSSR count). The summed E-state index contributed by atoms with van der Waals surface area (Å²) >= 11 is 9.46. The smallest absolute Gasteiger partial charge is 0.107 e. The molecule has 0 aliphatic rings. The second-order valence-electron chi connectivity index (χ2n) is 3.45. The number of hydrogen-bond acceptors (Lipinski definition) is 1. The molecule has 0 aliphatic heterocycles. The second kappa shape index (κ2) is 5.00. The van der Waals surface area contributed by atoms with E-state index >= 15 is 0 Å². The lowest BCUT2D eigenvalue weighted by Gasteiger charge is -2.14. The van der Waals surface area contributed by atoms with Crippen molar-refractivity contribution in [3.8, 4) is 0 Å². The normalized spacial score (nSPS) is 12.4. The van der Waals surface area contributed by atoms with Crippen molar-refractivity contribution in [2.45, 2.75) is 6.10 Å². The Morgan fingerprint density at radius 3 is 2.12 bits per heavy atom. The average Bonchev–Trinajstić information content (AvgIpc) is 2.29. The van der Waals surface area contributed by atoms with Gasteiger partial charge in [-0.15, -0.1) is 0 Å². The number of aliphatic hydroxyl groups is 1. The molecule has 0 heterocycles. The van der Waals surface area contributed by atoms with Crippen molar-refractivity contribution in [2.24, 2.45) is 0 Å². The van der Waals surface area contributed by atoms with Gasteiger partial charge in [0.05, 0.1) is 0 Å². The highest BCUT2D eigenvalue weighted by atomic mass is 79.9. The summed E-state index contributed by atoms with van der Waals surface area (Å²) in [6.45, 7) is 0. The van der Waals surface area contributed by atoms with Crippen molar-refractivity contribution in [1.82, 2.24) is 0 Å². The molecule has 0 radical (unpaired) electrons. The fraction of sp³-hybridized carbons (Fsp3) is 0.0769. The molecule has 0 aromatic heterocycles. The molecular weight excluding hydrogens is 287 g/mol. The van der Waals surface area contributed by atoms with E-state index in [1.165, 1.54) is 0 Å². The van der Waals surface area contributed by atoms with Gasteiger partial charge in [-0.3, -0.25) is 0 Å². The number of aliphatic hydroxyl groups excluding tert-OH is 1. The molecule has 0 aliphatic carbocycles. The van der Waals surface area contributed by atoms with E-state index in [9.17, 15) is 5.11 Å². The van der Waals surface area contributed by atoms with Crippen LogP contribution in [0, 0.1) is 0 Å². The molecular formula is C13H10BrClO. The summed E-state index contributed by atoms with van der Waals surface area (Å²) in [4.78, 5) is 0. The van der Waals surface area contributed by atoms with Gasteiger partial charge in [-0.2, -0.15) is 0 Å². The van der Waals surface area contributed by atoms with Crippen LogP contribution in [0.2, 0.25) is 5.02 Å². The maximum atomic E-state index is 10.2. The molecule has 3 heteroatoms. The maximum absolute atomic E-state index is 10.2. The Labute approximate surface area is 108 Å². The van der Waals surface area contributed by atoms with Crippen LogP contribution < -0.4 is 0 Å². The zero-order valence-electron chi connectivity index (χ0n) is 8.40. The molecule has 1 N–H and O–H groups in total. The predicted octanol–water partition coefficient (Wildman–Crippen LogP) is 4.18. The summed E-state index contributed by atoms with van der Waals surface area (Å²) in [7, 11) is 0. The average molecular weight is 298 g/mol. The van der Waals surface area contributed by atoms with Crippen LogP contribution >= 0.6 is 27.5 Å². The van der Waals surface area contributed by atoms with Gasteiger partial charge in [0, 0.05) is 15.1 Å². The Morgan fingerprint density at radius 1 is 0.938 bits per heavy atom. The quantitative estimate of drug-likeness (QED) is 0.881. The number of benzene rings is 2. The fourth-order valence-electron chi connectivity index (χ4n) is 1.56. The molecule has 0 saturated carbocycles. The number of halogens is 2. The van der Waals surface area contributed by atoms with E-state index in [1.54, 1.807) is 6.07 Å².